The van der Waals surface area contributed by atoms with Crippen LogP contribution < -0.4 is 10.9 Å². The second kappa shape index (κ2) is 5.72. The first-order valence-corrected chi connectivity index (χ1v) is 7.39. The van der Waals surface area contributed by atoms with Crippen molar-refractivity contribution in [3.8, 4) is 0 Å². The molecule has 0 unspecified atom stereocenters. The zero-order valence-electron chi connectivity index (χ0n) is 10.9. The average Bonchev–Trinajstić information content (AvgIpc) is 3.10. The summed E-state index contributed by atoms with van der Waals surface area (Å²) in [7, 11) is 0. The maximum Gasteiger partial charge on any atom is 0.262 e. The van der Waals surface area contributed by atoms with Crippen molar-refractivity contribution in [2.24, 2.45) is 5.92 Å². The predicted octanol–water partition coefficient (Wildman–Crippen LogP) is 0.611. The van der Waals surface area contributed by atoms with Crippen LogP contribution in [-0.4, -0.2) is 35.2 Å². The number of hydrogen-bond acceptors (Lipinski definition) is 5. The van der Waals surface area contributed by atoms with Gasteiger partial charge < -0.3 is 10.1 Å². The van der Waals surface area contributed by atoms with Crippen molar-refractivity contribution in [3.05, 3.63) is 28.1 Å². The molecule has 7 heteroatoms. The highest BCUT2D eigenvalue weighted by Crippen LogP contribution is 2.13. The Bertz CT molecular complexity index is 673. The van der Waals surface area contributed by atoms with E-state index in [1.807, 2.05) is 5.38 Å². The Hall–Kier alpha value is -1.73. The number of fused-ring (bicyclic) bond motifs is 1. The first-order valence-electron chi connectivity index (χ1n) is 6.51. The van der Waals surface area contributed by atoms with Gasteiger partial charge in [-0.2, -0.15) is 0 Å². The molecule has 6 nitrogen and oxygen atoms in total. The van der Waals surface area contributed by atoms with Crippen LogP contribution in [0, 0.1) is 5.92 Å². The van der Waals surface area contributed by atoms with Crippen LogP contribution in [-0.2, 0) is 16.1 Å². The van der Waals surface area contributed by atoms with Crippen molar-refractivity contribution in [3.63, 3.8) is 0 Å². The summed E-state index contributed by atoms with van der Waals surface area (Å²) in [5.74, 6) is 0.212. The molecule has 0 saturated carbocycles. The Morgan fingerprint density at radius 2 is 2.50 bits per heavy atom. The van der Waals surface area contributed by atoms with Gasteiger partial charge in [0.15, 0.2) is 0 Å². The van der Waals surface area contributed by atoms with Crippen LogP contribution in [0.2, 0.25) is 0 Å². The van der Waals surface area contributed by atoms with Gasteiger partial charge in [0, 0.05) is 19.1 Å². The lowest BCUT2D eigenvalue weighted by Gasteiger charge is -2.10. The van der Waals surface area contributed by atoms with E-state index >= 15 is 0 Å². The Labute approximate surface area is 119 Å². The fourth-order valence-corrected chi connectivity index (χ4v) is 2.94. The largest absolute Gasteiger partial charge is 0.381 e. The fraction of sp³-hybridized carbons (Fsp3) is 0.462. The summed E-state index contributed by atoms with van der Waals surface area (Å²) in [5, 5.41) is 5.23. The Morgan fingerprint density at radius 1 is 1.60 bits per heavy atom. The van der Waals surface area contributed by atoms with Gasteiger partial charge in [-0.1, -0.05) is 0 Å². The van der Waals surface area contributed by atoms with E-state index in [1.54, 1.807) is 6.07 Å². The van der Waals surface area contributed by atoms with Crippen molar-refractivity contribution in [1.29, 1.82) is 0 Å². The molecule has 0 aliphatic carbocycles. The number of amides is 1. The lowest BCUT2D eigenvalue weighted by atomic mass is 10.1. The van der Waals surface area contributed by atoms with Gasteiger partial charge in [0.1, 0.15) is 11.4 Å². The van der Waals surface area contributed by atoms with E-state index in [0.29, 0.717) is 29.3 Å². The van der Waals surface area contributed by atoms with Crippen LogP contribution in [0.15, 0.2) is 22.6 Å². The summed E-state index contributed by atoms with van der Waals surface area (Å²) in [6, 6.07) is 1.74. The van der Waals surface area contributed by atoms with Gasteiger partial charge in [-0.15, -0.1) is 11.3 Å². The first-order chi connectivity index (χ1) is 9.74. The van der Waals surface area contributed by atoms with Crippen molar-refractivity contribution in [2.75, 3.05) is 19.8 Å². The van der Waals surface area contributed by atoms with Crippen LogP contribution in [0.3, 0.4) is 0 Å². The molecule has 0 aromatic carbocycles. The second-order valence-electron chi connectivity index (χ2n) is 4.85. The number of carbonyl (C=O) groups excluding carboxylic acids is 1. The van der Waals surface area contributed by atoms with Crippen molar-refractivity contribution >= 4 is 27.5 Å². The van der Waals surface area contributed by atoms with Crippen molar-refractivity contribution in [2.45, 2.75) is 13.0 Å². The number of ether oxygens (including phenoxy) is 1. The van der Waals surface area contributed by atoms with Gasteiger partial charge in [0.2, 0.25) is 5.91 Å². The van der Waals surface area contributed by atoms with E-state index in [2.05, 4.69) is 10.3 Å². The molecule has 0 radical (unpaired) electrons. The minimum Gasteiger partial charge on any atom is -0.381 e. The maximum absolute atomic E-state index is 12.1. The molecule has 1 fully saturated rings. The molecule has 20 heavy (non-hydrogen) atoms. The number of thiophene rings is 1. The lowest BCUT2D eigenvalue weighted by molar-refractivity contribution is -0.121. The normalized spacial score (nSPS) is 18.5. The summed E-state index contributed by atoms with van der Waals surface area (Å²) in [5.41, 5.74) is -0.171. The molecule has 1 aliphatic rings. The van der Waals surface area contributed by atoms with Gasteiger partial charge in [0.05, 0.1) is 18.3 Å². The summed E-state index contributed by atoms with van der Waals surface area (Å²) >= 11 is 1.42. The second-order valence-corrected chi connectivity index (χ2v) is 5.75. The third-order valence-corrected chi connectivity index (χ3v) is 4.20. The molecule has 1 N–H and O–H groups in total. The monoisotopic (exact) mass is 293 g/mol. The first kappa shape index (κ1) is 13.3. The SMILES string of the molecule is O=C(Cn1cnc2sccc2c1=O)NC[C@@H]1CCOC1. The summed E-state index contributed by atoms with van der Waals surface area (Å²) < 4.78 is 6.59. The van der Waals surface area contributed by atoms with Crippen molar-refractivity contribution in [1.82, 2.24) is 14.9 Å². The molecule has 1 atom stereocenters. The Morgan fingerprint density at radius 3 is 3.30 bits per heavy atom. The zero-order chi connectivity index (χ0) is 13.9. The number of nitrogens with one attached hydrogen (secondary N) is 1. The summed E-state index contributed by atoms with van der Waals surface area (Å²) in [6.07, 6.45) is 2.40. The smallest absolute Gasteiger partial charge is 0.262 e. The molecular formula is C13H15N3O3S. The molecule has 0 spiro atoms. The van der Waals surface area contributed by atoms with E-state index < -0.39 is 0 Å². The number of aromatic nitrogens is 2. The zero-order valence-corrected chi connectivity index (χ0v) is 11.7. The molecule has 3 rings (SSSR count). The standard InChI is InChI=1S/C13H15N3O3S/c17-11(14-5-9-1-3-19-7-9)6-16-8-15-12-10(13(16)18)2-4-20-12/h2,4,8-9H,1,3,5-7H2,(H,14,17)/t9-/m0/s1. The van der Waals surface area contributed by atoms with Crippen LogP contribution in [0.4, 0.5) is 0 Å². The van der Waals surface area contributed by atoms with Gasteiger partial charge in [0.25, 0.3) is 5.56 Å². The van der Waals surface area contributed by atoms with Gasteiger partial charge in [-0.05, 0) is 17.9 Å². The topological polar surface area (TPSA) is 73.2 Å². The minimum atomic E-state index is -0.171. The third kappa shape index (κ3) is 2.73. The Kier molecular flexibility index (Phi) is 3.79. The van der Waals surface area contributed by atoms with E-state index in [4.69, 9.17) is 4.74 Å². The van der Waals surface area contributed by atoms with E-state index in [9.17, 15) is 9.59 Å². The molecule has 0 bridgehead atoms. The number of carbonyl (C=O) groups is 1. The minimum absolute atomic E-state index is 0.00516. The van der Waals surface area contributed by atoms with Gasteiger partial charge in [-0.3, -0.25) is 14.2 Å². The highest BCUT2D eigenvalue weighted by atomic mass is 32.1. The molecule has 1 amide bonds. The van der Waals surface area contributed by atoms with Crippen LogP contribution >= 0.6 is 11.3 Å². The number of nitrogens with zero attached hydrogens (tertiary/aromatic N) is 2. The maximum atomic E-state index is 12.1. The van der Waals surface area contributed by atoms with E-state index in [-0.39, 0.29) is 18.0 Å². The fourth-order valence-electron chi connectivity index (χ4n) is 2.22. The van der Waals surface area contributed by atoms with Crippen molar-refractivity contribution < 1.29 is 9.53 Å². The molecule has 106 valence electrons. The van der Waals surface area contributed by atoms with Crippen LogP contribution in [0.1, 0.15) is 6.42 Å². The van der Waals surface area contributed by atoms with E-state index in [1.165, 1.54) is 22.2 Å². The van der Waals surface area contributed by atoms with Gasteiger partial charge >= 0.3 is 0 Å². The Balaban J connectivity index is 1.64. The van der Waals surface area contributed by atoms with Crippen LogP contribution in [0.5, 0.6) is 0 Å². The van der Waals surface area contributed by atoms with E-state index in [0.717, 1.165) is 13.0 Å². The third-order valence-electron chi connectivity index (χ3n) is 3.38. The number of hydrogen-bond donors (Lipinski definition) is 1. The highest BCUT2D eigenvalue weighted by Gasteiger charge is 2.16. The van der Waals surface area contributed by atoms with Crippen LogP contribution in [0.25, 0.3) is 10.2 Å². The quantitative estimate of drug-likeness (QED) is 0.896. The summed E-state index contributed by atoms with van der Waals surface area (Å²) in [6.45, 7) is 2.06. The molecule has 3 heterocycles. The number of rotatable bonds is 4. The molecule has 1 aliphatic heterocycles. The molecule has 2 aromatic rings. The lowest BCUT2D eigenvalue weighted by Crippen LogP contribution is -2.35. The molecule has 2 aromatic heterocycles. The van der Waals surface area contributed by atoms with Gasteiger partial charge in [-0.25, -0.2) is 4.98 Å². The summed E-state index contributed by atoms with van der Waals surface area (Å²) in [4.78, 5) is 28.9. The predicted molar refractivity (Wildman–Crippen MR) is 75.8 cm³/mol. The molecule has 1 saturated heterocycles. The highest BCUT2D eigenvalue weighted by molar-refractivity contribution is 7.16. The molecular weight excluding hydrogens is 278 g/mol. The average molecular weight is 293 g/mol.